The molecule has 128 valence electrons. The highest BCUT2D eigenvalue weighted by Crippen LogP contribution is 2.50. The maximum Gasteiger partial charge on any atom is 0.352 e. The summed E-state index contributed by atoms with van der Waals surface area (Å²) in [7, 11) is 0. The van der Waals surface area contributed by atoms with E-state index in [1.807, 2.05) is 44.3 Å². The molecule has 1 aliphatic rings. The minimum absolute atomic E-state index is 0.265. The molecule has 24 heavy (non-hydrogen) atoms. The lowest BCUT2D eigenvalue weighted by molar-refractivity contribution is 0.0685. The number of benzene rings is 1. The van der Waals surface area contributed by atoms with Crippen molar-refractivity contribution in [2.24, 2.45) is 0 Å². The van der Waals surface area contributed by atoms with Gasteiger partial charge in [0.1, 0.15) is 5.69 Å². The molecule has 1 heterocycles. The quantitative estimate of drug-likeness (QED) is 0.783. The summed E-state index contributed by atoms with van der Waals surface area (Å²) >= 11 is -1.86. The van der Waals surface area contributed by atoms with Gasteiger partial charge < -0.3 is 14.2 Å². The van der Waals surface area contributed by atoms with Gasteiger partial charge in [0.05, 0.1) is 4.75 Å². The van der Waals surface area contributed by atoms with E-state index in [0.717, 1.165) is 29.5 Å². The third-order valence-corrected chi connectivity index (χ3v) is 5.99. The molecule has 1 aliphatic carbocycles. The van der Waals surface area contributed by atoms with Crippen molar-refractivity contribution in [3.8, 4) is 0 Å². The van der Waals surface area contributed by atoms with Crippen molar-refractivity contribution in [1.82, 2.24) is 4.57 Å². The van der Waals surface area contributed by atoms with Crippen LogP contribution in [0.5, 0.6) is 0 Å². The fourth-order valence-electron chi connectivity index (χ4n) is 2.95. The van der Waals surface area contributed by atoms with Gasteiger partial charge in [-0.15, -0.1) is 0 Å². The van der Waals surface area contributed by atoms with Crippen LogP contribution in [-0.4, -0.2) is 24.4 Å². The third-order valence-electron chi connectivity index (χ3n) is 4.67. The van der Waals surface area contributed by atoms with Crippen LogP contribution in [0.15, 0.2) is 36.5 Å². The van der Waals surface area contributed by atoms with Crippen LogP contribution in [0.25, 0.3) is 0 Å². The normalized spacial score (nSPS) is 17.0. The highest BCUT2D eigenvalue weighted by Gasteiger charge is 2.50. The van der Waals surface area contributed by atoms with Gasteiger partial charge in [-0.1, -0.05) is 38.1 Å². The van der Waals surface area contributed by atoms with E-state index in [2.05, 4.69) is 0 Å². The maximum absolute atomic E-state index is 11.5. The van der Waals surface area contributed by atoms with Gasteiger partial charge in [0, 0.05) is 12.7 Å². The Morgan fingerprint density at radius 3 is 2.38 bits per heavy atom. The standard InChI is InChI=1S/C18H21NO4S/c1-12(2)14-9-16(17(20)21)19(11-14)10-13-3-5-15(6-4-13)18(7-8-18)24(22)23/h3-6,9,11-12H,7-8,10H2,1-2H3,(H,20,21)(H,22,23). The van der Waals surface area contributed by atoms with E-state index in [9.17, 15) is 18.7 Å². The smallest absolute Gasteiger partial charge is 0.352 e. The number of nitrogens with zero attached hydrogens (tertiary/aromatic N) is 1. The molecule has 0 amide bonds. The van der Waals surface area contributed by atoms with Crippen LogP contribution < -0.4 is 0 Å². The van der Waals surface area contributed by atoms with Crippen LogP contribution in [0.4, 0.5) is 0 Å². The first-order chi connectivity index (χ1) is 11.3. The van der Waals surface area contributed by atoms with Crippen molar-refractivity contribution in [3.05, 3.63) is 58.9 Å². The molecule has 1 fully saturated rings. The van der Waals surface area contributed by atoms with E-state index < -0.39 is 21.8 Å². The molecule has 2 N–H and O–H groups in total. The van der Waals surface area contributed by atoms with Crippen LogP contribution >= 0.6 is 0 Å². The third kappa shape index (κ3) is 3.03. The average Bonchev–Trinajstić information content (AvgIpc) is 3.23. The minimum atomic E-state index is -1.86. The Kier molecular flexibility index (Phi) is 4.36. The number of aromatic carboxylic acids is 1. The second kappa shape index (κ2) is 6.18. The number of aromatic nitrogens is 1. The average molecular weight is 347 g/mol. The SMILES string of the molecule is CC(C)c1cc(C(=O)O)n(Cc2ccc(C3(S(=O)O)CC3)cc2)c1. The van der Waals surface area contributed by atoms with Crippen LogP contribution in [0.3, 0.4) is 0 Å². The molecule has 0 bridgehead atoms. The lowest BCUT2D eigenvalue weighted by atomic mass is 10.1. The van der Waals surface area contributed by atoms with Crippen molar-refractivity contribution < 1.29 is 18.7 Å². The fourth-order valence-corrected chi connectivity index (χ4v) is 3.74. The zero-order chi connectivity index (χ0) is 17.5. The summed E-state index contributed by atoms with van der Waals surface area (Å²) in [5.41, 5.74) is 3.11. The van der Waals surface area contributed by atoms with Crippen LogP contribution in [0, 0.1) is 0 Å². The number of rotatable bonds is 6. The second-order valence-electron chi connectivity index (χ2n) is 6.69. The molecule has 0 spiro atoms. The molecule has 1 saturated carbocycles. The van der Waals surface area contributed by atoms with Crippen LogP contribution in [0.2, 0.25) is 0 Å². The van der Waals surface area contributed by atoms with Crippen LogP contribution in [0.1, 0.15) is 59.8 Å². The van der Waals surface area contributed by atoms with Crippen molar-refractivity contribution >= 4 is 17.0 Å². The van der Waals surface area contributed by atoms with Gasteiger partial charge in [-0.05, 0) is 41.5 Å². The molecular formula is C18H21NO4S. The highest BCUT2D eigenvalue weighted by molar-refractivity contribution is 7.80. The summed E-state index contributed by atoms with van der Waals surface area (Å²) in [6.45, 7) is 4.53. The lowest BCUT2D eigenvalue weighted by Crippen LogP contribution is -2.13. The van der Waals surface area contributed by atoms with Gasteiger partial charge in [0.15, 0.2) is 11.1 Å². The van der Waals surface area contributed by atoms with Gasteiger partial charge in [0.2, 0.25) is 0 Å². The van der Waals surface area contributed by atoms with Crippen molar-refractivity contribution in [2.45, 2.75) is 43.9 Å². The van der Waals surface area contributed by atoms with Crippen molar-refractivity contribution in [1.29, 1.82) is 0 Å². The molecule has 6 heteroatoms. The zero-order valence-electron chi connectivity index (χ0n) is 13.7. The fraction of sp³-hybridized carbons (Fsp3) is 0.389. The van der Waals surface area contributed by atoms with E-state index >= 15 is 0 Å². The summed E-state index contributed by atoms with van der Waals surface area (Å²) in [5, 5.41) is 9.38. The number of hydrogen-bond acceptors (Lipinski definition) is 2. The molecule has 1 aromatic heterocycles. The summed E-state index contributed by atoms with van der Waals surface area (Å²) in [4.78, 5) is 11.4. The molecule has 1 aromatic carbocycles. The first kappa shape index (κ1) is 16.9. The Morgan fingerprint density at radius 1 is 1.29 bits per heavy atom. The van der Waals surface area contributed by atoms with Gasteiger partial charge >= 0.3 is 5.97 Å². The van der Waals surface area contributed by atoms with Crippen molar-refractivity contribution in [2.75, 3.05) is 0 Å². The Labute approximate surface area is 143 Å². The van der Waals surface area contributed by atoms with E-state index in [1.165, 1.54) is 0 Å². The Bertz CT molecular complexity index is 788. The Morgan fingerprint density at radius 2 is 1.92 bits per heavy atom. The predicted octanol–water partition coefficient (Wildman–Crippen LogP) is 3.57. The number of hydrogen-bond donors (Lipinski definition) is 2. The van der Waals surface area contributed by atoms with Gasteiger partial charge in [-0.2, -0.15) is 0 Å². The minimum Gasteiger partial charge on any atom is -0.477 e. The molecule has 2 aromatic rings. The summed E-state index contributed by atoms with van der Waals surface area (Å²) in [6, 6.07) is 9.29. The predicted molar refractivity (Wildman–Crippen MR) is 92.7 cm³/mol. The molecular weight excluding hydrogens is 326 g/mol. The number of carboxylic acids is 1. The molecule has 5 nitrogen and oxygen atoms in total. The summed E-state index contributed by atoms with van der Waals surface area (Å²) in [6.07, 6.45) is 3.34. The monoisotopic (exact) mass is 347 g/mol. The summed E-state index contributed by atoms with van der Waals surface area (Å²) < 4.78 is 22.1. The second-order valence-corrected chi connectivity index (χ2v) is 7.97. The lowest BCUT2D eigenvalue weighted by Gasteiger charge is -2.12. The zero-order valence-corrected chi connectivity index (χ0v) is 14.5. The Balaban J connectivity index is 1.84. The molecule has 3 rings (SSSR count). The van der Waals surface area contributed by atoms with E-state index in [1.54, 1.807) is 10.6 Å². The first-order valence-electron chi connectivity index (χ1n) is 7.97. The van der Waals surface area contributed by atoms with E-state index in [0.29, 0.717) is 6.54 Å². The molecule has 0 radical (unpaired) electrons. The van der Waals surface area contributed by atoms with Gasteiger partial charge in [-0.25, -0.2) is 9.00 Å². The highest BCUT2D eigenvalue weighted by atomic mass is 32.2. The Hall–Kier alpha value is -1.92. The first-order valence-corrected chi connectivity index (χ1v) is 9.08. The summed E-state index contributed by atoms with van der Waals surface area (Å²) in [5.74, 6) is -0.674. The molecule has 1 atom stereocenters. The molecule has 0 aliphatic heterocycles. The largest absolute Gasteiger partial charge is 0.477 e. The van der Waals surface area contributed by atoms with E-state index in [4.69, 9.17) is 0 Å². The van der Waals surface area contributed by atoms with Gasteiger partial charge in [-0.3, -0.25) is 0 Å². The van der Waals surface area contributed by atoms with E-state index in [-0.39, 0.29) is 11.6 Å². The van der Waals surface area contributed by atoms with Crippen LogP contribution in [-0.2, 0) is 22.4 Å². The van der Waals surface area contributed by atoms with Gasteiger partial charge in [0.25, 0.3) is 0 Å². The molecule has 0 saturated heterocycles. The maximum atomic E-state index is 11.5. The molecule has 1 unspecified atom stereocenters. The van der Waals surface area contributed by atoms with Crippen molar-refractivity contribution in [3.63, 3.8) is 0 Å². The number of carbonyl (C=O) groups is 1. The number of carboxylic acid groups (broad SMARTS) is 1. The topological polar surface area (TPSA) is 79.5 Å².